The fourth-order valence-electron chi connectivity index (χ4n) is 17.4. The first-order valence-corrected chi connectivity index (χ1v) is 43.0. The van der Waals surface area contributed by atoms with Crippen molar-refractivity contribution in [3.8, 4) is 56.0 Å². The molecule has 0 bridgehead atoms. The van der Waals surface area contributed by atoms with E-state index >= 15 is 8.78 Å². The van der Waals surface area contributed by atoms with Crippen molar-refractivity contribution in [2.75, 3.05) is 20.3 Å². The van der Waals surface area contributed by atoms with Crippen LogP contribution in [0.25, 0.3) is 87.6 Å². The third-order valence-electron chi connectivity index (χ3n) is 22.4. The van der Waals surface area contributed by atoms with Crippen molar-refractivity contribution >= 4 is 56.4 Å². The Labute approximate surface area is 615 Å². The average molecular weight is 1440 g/mol. The molecule has 10 rings (SSSR count). The van der Waals surface area contributed by atoms with Crippen LogP contribution in [-0.2, 0) is 45.0 Å². The fraction of sp³-hybridized carbons (Fsp3) is 0.453. The molecule has 0 fully saturated rings. The molecule has 10 aromatic carbocycles. The molecule has 102 heavy (non-hydrogen) atoms. The minimum atomic E-state index is -3.11. The number of hydrogen-bond acceptors (Lipinski definition) is 4. The molecule has 0 unspecified atom stereocenters. The van der Waals surface area contributed by atoms with Gasteiger partial charge in [-0.05, 0) is 21.8 Å². The summed E-state index contributed by atoms with van der Waals surface area (Å²) in [7, 11) is 1.77. The fourth-order valence-corrected chi connectivity index (χ4v) is 27.6. The molecular weight excluding hydrogens is 1320 g/mol. The van der Waals surface area contributed by atoms with Crippen molar-refractivity contribution in [1.82, 2.24) is 0 Å². The molecule has 0 radical (unpaired) electrons. The van der Waals surface area contributed by atoms with Gasteiger partial charge in [0.25, 0.3) is 0 Å². The molecule has 7 heteroatoms. The number of fused-ring (bicyclic) bond motifs is 4. The Bertz CT molecular complexity index is 4770. The van der Waals surface area contributed by atoms with E-state index in [0.29, 0.717) is 45.3 Å². The van der Waals surface area contributed by atoms with Crippen LogP contribution in [0.15, 0.2) is 140 Å². The van der Waals surface area contributed by atoms with Crippen LogP contribution in [0.3, 0.4) is 0 Å². The number of halogens is 2. The molecule has 0 aliphatic carbocycles. The molecule has 0 saturated heterocycles. The summed E-state index contributed by atoms with van der Waals surface area (Å²) in [4.78, 5) is 0. The molecule has 0 aliphatic heterocycles. The second kappa shape index (κ2) is 28.9. The quantitative estimate of drug-likeness (QED) is 0.0575. The van der Waals surface area contributed by atoms with Crippen molar-refractivity contribution in [2.24, 2.45) is 10.8 Å². The minimum absolute atomic E-state index is 0.000149. The SMILES string of the molecule is COCc1c(-c2cc(F)cc(C)c2OC[CH2][Ge]([CH2]COc2c(C)cc(F)cc2-c2cc(C(C)(C)CC(C)(C)C)cc(-c3c4ccccc4cc4ccc(C(C)(C)C)cc34)c2CO)([CH](C)C)[CH](C)C)cc(C(C)(C)CC(C)(C)C)cc1-c1c2ccc(C(C)(C)C)cc2cc2ccc(C(C)(C)C)cc12. The maximum atomic E-state index is 16.8. The number of methoxy groups -OCH3 is 1. The van der Waals surface area contributed by atoms with E-state index in [2.05, 4.69) is 275 Å². The first kappa shape index (κ1) is 77.8. The van der Waals surface area contributed by atoms with Crippen LogP contribution < -0.4 is 9.47 Å². The number of benzene rings is 10. The van der Waals surface area contributed by atoms with E-state index in [4.69, 9.17) is 14.2 Å². The normalized spacial score (nSPS) is 13.3. The van der Waals surface area contributed by atoms with Gasteiger partial charge in [0, 0.05) is 0 Å². The van der Waals surface area contributed by atoms with E-state index in [0.717, 1.165) is 111 Å². The standard InChI is InChI=1S/C95H120F2GeO4/c1-58(2)98(59(3)4,37-39-101-87-60(5)41-71(96)52-81(87)77-48-69(94(22,23)56-89(7,8)9)50-79(83(77)54-99)85-73-30-28-27-29-62(73)43-63-31-33-67(46-75(63)85)92(16,17)18)38-40-102-88-61(6)42-72(97)53-82(88)78-49-70(95(24,25)57-90(10,11)12)51-80(84(78)55-100-26)86-74-36-35-66(91(13,14)15)45-65(74)44-64-32-34-68(47-76(64)86)93(19,20)21/h27-36,41-53,58-59,99H,37-40,54-57H2,1-26H3. The molecule has 10 aromatic rings. The predicted molar refractivity (Wildman–Crippen MR) is 438 cm³/mol. The number of aryl methyl sites for hydroxylation is 2. The van der Waals surface area contributed by atoms with Crippen LogP contribution in [0, 0.1) is 36.3 Å². The zero-order valence-corrected chi connectivity index (χ0v) is 69.1. The number of hydrogen-bond donors (Lipinski definition) is 1. The number of aliphatic hydroxyl groups is 1. The predicted octanol–water partition coefficient (Wildman–Crippen LogP) is 27.5. The maximum absolute atomic E-state index is 16.8. The van der Waals surface area contributed by atoms with Crippen LogP contribution in [0.1, 0.15) is 222 Å². The van der Waals surface area contributed by atoms with Gasteiger partial charge in [-0.2, -0.15) is 0 Å². The summed E-state index contributed by atoms with van der Waals surface area (Å²) in [6.45, 7) is 58.0. The van der Waals surface area contributed by atoms with E-state index < -0.39 is 13.3 Å². The molecule has 0 spiro atoms. The molecule has 4 nitrogen and oxygen atoms in total. The molecule has 1 N–H and O–H groups in total. The third kappa shape index (κ3) is 16.3. The third-order valence-corrected chi connectivity index (χ3v) is 36.8. The molecule has 542 valence electrons. The van der Waals surface area contributed by atoms with E-state index in [9.17, 15) is 5.11 Å². The van der Waals surface area contributed by atoms with Crippen LogP contribution in [0.5, 0.6) is 11.5 Å². The molecule has 0 atom stereocenters. The van der Waals surface area contributed by atoms with Crippen molar-refractivity contribution < 1.29 is 28.1 Å². The summed E-state index contributed by atoms with van der Waals surface area (Å²) in [5.41, 5.74) is 15.6. The molecule has 0 heterocycles. The Hall–Kier alpha value is -6.84. The summed E-state index contributed by atoms with van der Waals surface area (Å²) in [6.07, 6.45) is 1.80. The van der Waals surface area contributed by atoms with Crippen molar-refractivity contribution in [1.29, 1.82) is 0 Å². The number of rotatable bonds is 21. The van der Waals surface area contributed by atoms with Gasteiger partial charge < -0.3 is 0 Å². The van der Waals surface area contributed by atoms with E-state index in [1.807, 2.05) is 13.8 Å². The van der Waals surface area contributed by atoms with Gasteiger partial charge >= 0.3 is 517 Å². The molecular formula is C95H120F2GeO4. The van der Waals surface area contributed by atoms with Crippen molar-refractivity contribution in [2.45, 2.75) is 246 Å². The van der Waals surface area contributed by atoms with Gasteiger partial charge in [-0.1, -0.05) is 80.5 Å². The van der Waals surface area contributed by atoms with E-state index in [1.54, 1.807) is 31.4 Å². The molecule has 0 aromatic heterocycles. The van der Waals surface area contributed by atoms with Crippen molar-refractivity contribution in [3.05, 3.63) is 201 Å². The first-order valence-electron chi connectivity index (χ1n) is 37.7. The topological polar surface area (TPSA) is 47.9 Å². The summed E-state index contributed by atoms with van der Waals surface area (Å²) in [5.74, 6) is 0.643. The Morgan fingerprint density at radius 3 is 1.20 bits per heavy atom. The van der Waals surface area contributed by atoms with Gasteiger partial charge in [-0.25, -0.2) is 0 Å². The summed E-state index contributed by atoms with van der Waals surface area (Å²) >= 11 is -3.11. The van der Waals surface area contributed by atoms with Gasteiger partial charge in [-0.3, -0.25) is 0 Å². The summed E-state index contributed by atoms with van der Waals surface area (Å²) in [5, 5.41) is 22.9. The van der Waals surface area contributed by atoms with Crippen LogP contribution in [0.4, 0.5) is 8.78 Å². The number of ether oxygens (including phenoxy) is 3. The Morgan fingerprint density at radius 1 is 0.392 bits per heavy atom. The van der Waals surface area contributed by atoms with Crippen LogP contribution >= 0.6 is 0 Å². The zero-order chi connectivity index (χ0) is 74.9. The Balaban J connectivity index is 1.09. The average Bonchev–Trinajstić information content (AvgIpc) is 0.736. The van der Waals surface area contributed by atoms with Crippen LogP contribution in [0.2, 0.25) is 20.0 Å². The van der Waals surface area contributed by atoms with Gasteiger partial charge in [0.2, 0.25) is 0 Å². The van der Waals surface area contributed by atoms with E-state index in [1.165, 1.54) is 38.4 Å². The molecule has 0 amide bonds. The van der Waals surface area contributed by atoms with Crippen LogP contribution in [-0.4, -0.2) is 38.7 Å². The zero-order valence-electron chi connectivity index (χ0n) is 67.0. The second-order valence-corrected chi connectivity index (χ2v) is 49.8. The van der Waals surface area contributed by atoms with Gasteiger partial charge in [0.1, 0.15) is 0 Å². The Kier molecular flexibility index (Phi) is 22.0. The first-order chi connectivity index (χ1) is 47.4. The number of aliphatic hydroxyl groups excluding tert-OH is 1. The Morgan fingerprint density at radius 2 is 0.775 bits per heavy atom. The van der Waals surface area contributed by atoms with Gasteiger partial charge in [0.15, 0.2) is 0 Å². The monoisotopic (exact) mass is 1440 g/mol. The van der Waals surface area contributed by atoms with Gasteiger partial charge in [0.05, 0.1) is 0 Å². The van der Waals surface area contributed by atoms with Crippen molar-refractivity contribution in [3.63, 3.8) is 0 Å². The molecule has 0 saturated carbocycles. The summed E-state index contributed by atoms with van der Waals surface area (Å²) in [6, 6.07) is 49.9. The second-order valence-electron chi connectivity index (χ2n) is 37.7. The van der Waals surface area contributed by atoms with Gasteiger partial charge in [-0.15, -0.1) is 0 Å². The molecule has 0 aliphatic rings. The van der Waals surface area contributed by atoms with E-state index in [-0.39, 0.29) is 62.8 Å². The summed E-state index contributed by atoms with van der Waals surface area (Å²) < 4.78 is 55.2.